The van der Waals surface area contributed by atoms with Crippen molar-refractivity contribution in [2.45, 2.75) is 161 Å². The van der Waals surface area contributed by atoms with Gasteiger partial charge in [0.15, 0.2) is 0 Å². The van der Waals surface area contributed by atoms with Crippen molar-refractivity contribution in [1.29, 1.82) is 0 Å². The minimum absolute atomic E-state index is 0.00929. The quantitative estimate of drug-likeness (QED) is 0.181. The topological polar surface area (TPSA) is 6.48 Å². The van der Waals surface area contributed by atoms with Crippen LogP contribution in [0.2, 0.25) is 0 Å². The van der Waals surface area contributed by atoms with E-state index in [9.17, 15) is 0 Å². The predicted octanol–water partition coefficient (Wildman–Crippen LogP) is 15.4. The zero-order chi connectivity index (χ0) is 38.8. The van der Waals surface area contributed by atoms with Gasteiger partial charge in [-0.1, -0.05) is 113 Å². The van der Waals surface area contributed by atoms with Crippen LogP contribution in [0.3, 0.4) is 0 Å². The third-order valence-electron chi connectivity index (χ3n) is 14.2. The molecule has 0 N–H and O–H groups in total. The largest absolute Gasteiger partial charge is 0.334 e. The maximum absolute atomic E-state index is 2.76. The van der Waals surface area contributed by atoms with Crippen molar-refractivity contribution >= 4 is 49.2 Å². The number of rotatable bonds is 4. The molecule has 0 bridgehead atoms. The molecule has 4 aromatic carbocycles. The van der Waals surface area contributed by atoms with Gasteiger partial charge in [-0.2, -0.15) is 0 Å². The van der Waals surface area contributed by atoms with E-state index < -0.39 is 0 Å². The molecule has 0 saturated heterocycles. The molecular formula is C51H64N2S. The molecule has 54 heavy (non-hydrogen) atoms. The SMILES string of the molecule is Cc1cc(N(c2ccc(C(C)(C)C)cc2)c2cc3cc4c(cc3s2)C(C)(C)CCC4(C)C)cc(N2c3ccc(C(C)(C)C)cc3C3(C)CCCCC23C)c1. The maximum Gasteiger partial charge on any atom is 0.101 e. The molecule has 0 amide bonds. The second-order valence-electron chi connectivity index (χ2n) is 21.1. The predicted molar refractivity (Wildman–Crippen MR) is 237 cm³/mol. The van der Waals surface area contributed by atoms with Crippen molar-refractivity contribution in [3.8, 4) is 0 Å². The van der Waals surface area contributed by atoms with Crippen molar-refractivity contribution < 1.29 is 0 Å². The number of hydrogen-bond acceptors (Lipinski definition) is 3. The van der Waals surface area contributed by atoms with Crippen molar-refractivity contribution in [3.63, 3.8) is 0 Å². The van der Waals surface area contributed by atoms with Gasteiger partial charge in [-0.05, 0) is 155 Å². The molecule has 5 aromatic rings. The summed E-state index contributed by atoms with van der Waals surface area (Å²) in [6, 6.07) is 31.7. The summed E-state index contributed by atoms with van der Waals surface area (Å²) >= 11 is 1.94. The first-order chi connectivity index (χ1) is 25.1. The first-order valence-corrected chi connectivity index (χ1v) is 21.5. The van der Waals surface area contributed by atoms with Crippen LogP contribution >= 0.6 is 11.3 Å². The lowest BCUT2D eigenvalue weighted by atomic mass is 9.61. The second kappa shape index (κ2) is 12.2. The van der Waals surface area contributed by atoms with E-state index in [0.29, 0.717) is 0 Å². The summed E-state index contributed by atoms with van der Waals surface area (Å²) in [5.41, 5.74) is 14.5. The van der Waals surface area contributed by atoms with E-state index in [1.54, 1.807) is 0 Å². The highest BCUT2D eigenvalue weighted by Gasteiger charge is 2.57. The summed E-state index contributed by atoms with van der Waals surface area (Å²) in [4.78, 5) is 5.30. The van der Waals surface area contributed by atoms with Gasteiger partial charge >= 0.3 is 0 Å². The van der Waals surface area contributed by atoms with Gasteiger partial charge in [0.25, 0.3) is 0 Å². The van der Waals surface area contributed by atoms with Crippen LogP contribution in [0.4, 0.5) is 27.8 Å². The molecule has 8 rings (SSSR count). The number of fused-ring (bicyclic) bond motifs is 5. The summed E-state index contributed by atoms with van der Waals surface area (Å²) in [7, 11) is 0. The fourth-order valence-corrected chi connectivity index (χ4v) is 11.4. The molecule has 2 atom stereocenters. The molecule has 1 aromatic heterocycles. The van der Waals surface area contributed by atoms with Crippen LogP contribution in [0.1, 0.15) is 155 Å². The number of benzene rings is 4. The van der Waals surface area contributed by atoms with Crippen LogP contribution in [-0.2, 0) is 27.1 Å². The van der Waals surface area contributed by atoms with Crippen LogP contribution < -0.4 is 9.80 Å². The van der Waals surface area contributed by atoms with E-state index in [4.69, 9.17) is 0 Å². The van der Waals surface area contributed by atoms with Crippen LogP contribution in [0.15, 0.2) is 78.9 Å². The number of hydrogen-bond donors (Lipinski definition) is 0. The highest BCUT2D eigenvalue weighted by molar-refractivity contribution is 7.23. The molecule has 1 saturated carbocycles. The standard InChI is InChI=1S/C51H64N2S/c1-33-26-38(31-39(27-33)53-43-21-18-36(47(5,6)7)30-42(43)50(12)22-14-15-23-51(50,53)13)52(37-19-16-35(17-20-37)46(2,3)4)45-29-34-28-40-41(32-44(34)54-45)49(10,11)25-24-48(40,8)9/h16-21,26-32H,14-15,22-25H2,1-13H3. The van der Waals surface area contributed by atoms with Crippen LogP contribution in [0.5, 0.6) is 0 Å². The summed E-state index contributed by atoms with van der Waals surface area (Å²) in [5, 5.41) is 2.63. The van der Waals surface area contributed by atoms with Crippen molar-refractivity contribution in [2.75, 3.05) is 9.80 Å². The lowest BCUT2D eigenvalue weighted by Crippen LogP contribution is -2.54. The van der Waals surface area contributed by atoms with E-state index in [1.807, 2.05) is 11.3 Å². The fraction of sp³-hybridized carbons (Fsp3) is 0.490. The third-order valence-corrected chi connectivity index (χ3v) is 15.3. The lowest BCUT2D eigenvalue weighted by molar-refractivity contribution is 0.195. The average Bonchev–Trinajstić information content (AvgIpc) is 3.58. The summed E-state index contributed by atoms with van der Waals surface area (Å²) in [6.07, 6.45) is 7.43. The Labute approximate surface area is 331 Å². The van der Waals surface area contributed by atoms with Gasteiger partial charge < -0.3 is 9.80 Å². The Balaban J connectivity index is 1.32. The monoisotopic (exact) mass is 736 g/mol. The molecule has 0 radical (unpaired) electrons. The molecule has 2 unspecified atom stereocenters. The Morgan fingerprint density at radius 1 is 0.593 bits per heavy atom. The molecule has 3 heteroatoms. The van der Waals surface area contributed by atoms with Crippen LogP contribution in [0, 0.1) is 6.92 Å². The lowest BCUT2D eigenvalue weighted by Gasteiger charge is -2.50. The fourth-order valence-electron chi connectivity index (χ4n) is 10.3. The van der Waals surface area contributed by atoms with Gasteiger partial charge in [0, 0.05) is 32.9 Å². The smallest absolute Gasteiger partial charge is 0.101 e. The Hall–Kier alpha value is -3.56. The number of aryl methyl sites for hydroxylation is 1. The number of thiophene rings is 1. The second-order valence-corrected chi connectivity index (χ2v) is 22.1. The first-order valence-electron chi connectivity index (χ1n) is 20.7. The molecule has 284 valence electrons. The zero-order valence-corrected chi connectivity index (χ0v) is 36.4. The van der Waals surface area contributed by atoms with Crippen LogP contribution in [0.25, 0.3) is 10.1 Å². The summed E-state index contributed by atoms with van der Waals surface area (Å²) in [6.45, 7) is 31.2. The van der Waals surface area contributed by atoms with Gasteiger partial charge in [0.05, 0.1) is 5.54 Å². The molecule has 3 aliphatic rings. The minimum Gasteiger partial charge on any atom is -0.334 e. The van der Waals surface area contributed by atoms with Crippen LogP contribution in [-0.4, -0.2) is 5.54 Å². The zero-order valence-electron chi connectivity index (χ0n) is 35.6. The van der Waals surface area contributed by atoms with Gasteiger partial charge in [0.1, 0.15) is 5.00 Å². The molecule has 2 aliphatic carbocycles. The van der Waals surface area contributed by atoms with Gasteiger partial charge in [-0.25, -0.2) is 0 Å². The number of nitrogens with zero attached hydrogens (tertiary/aromatic N) is 2. The summed E-state index contributed by atoms with van der Waals surface area (Å²) < 4.78 is 1.38. The van der Waals surface area contributed by atoms with E-state index in [-0.39, 0.29) is 32.6 Å². The summed E-state index contributed by atoms with van der Waals surface area (Å²) in [5.74, 6) is 0. The molecule has 2 heterocycles. The Bertz CT molecular complexity index is 2200. The molecule has 1 fully saturated rings. The Morgan fingerprint density at radius 3 is 1.85 bits per heavy atom. The van der Waals surface area contributed by atoms with E-state index in [2.05, 4.69) is 179 Å². The molecule has 2 nitrogen and oxygen atoms in total. The maximum atomic E-state index is 2.76. The van der Waals surface area contributed by atoms with Crippen molar-refractivity contribution in [1.82, 2.24) is 0 Å². The molecular weight excluding hydrogens is 673 g/mol. The van der Waals surface area contributed by atoms with Gasteiger partial charge in [-0.15, -0.1) is 11.3 Å². The van der Waals surface area contributed by atoms with Gasteiger partial charge in [-0.3, -0.25) is 0 Å². The van der Waals surface area contributed by atoms with E-state index >= 15 is 0 Å². The van der Waals surface area contributed by atoms with E-state index in [0.717, 1.165) is 0 Å². The highest BCUT2D eigenvalue weighted by atomic mass is 32.1. The molecule has 0 spiro atoms. The third kappa shape index (κ3) is 5.86. The number of anilines is 5. The Kier molecular flexibility index (Phi) is 8.46. The molecule has 1 aliphatic heterocycles. The van der Waals surface area contributed by atoms with E-state index in [1.165, 1.54) is 110 Å². The van der Waals surface area contributed by atoms with Gasteiger partial charge in [0.2, 0.25) is 0 Å². The average molecular weight is 737 g/mol. The minimum atomic E-state index is -0.00929. The van der Waals surface area contributed by atoms with Crippen molar-refractivity contribution in [3.05, 3.63) is 112 Å². The first kappa shape index (κ1) is 37.4. The normalized spacial score (nSPS) is 23.2. The van der Waals surface area contributed by atoms with Crippen molar-refractivity contribution in [2.24, 2.45) is 0 Å². The Morgan fingerprint density at radius 2 is 1.20 bits per heavy atom. The highest BCUT2D eigenvalue weighted by Crippen LogP contribution is 2.62.